The van der Waals surface area contributed by atoms with Gasteiger partial charge in [-0.15, -0.1) is 11.3 Å². The predicted molar refractivity (Wildman–Crippen MR) is 125 cm³/mol. The molecule has 1 unspecified atom stereocenters. The molecule has 10 heteroatoms. The summed E-state index contributed by atoms with van der Waals surface area (Å²) in [5.41, 5.74) is 14.9. The minimum atomic E-state index is -2.52. The maximum Gasteiger partial charge on any atom is 0.261 e. The lowest BCUT2D eigenvalue weighted by Crippen LogP contribution is -2.48. The molecule has 1 amide bonds. The van der Waals surface area contributed by atoms with Crippen molar-refractivity contribution >= 4 is 33.3 Å². The van der Waals surface area contributed by atoms with Crippen LogP contribution < -0.4 is 21.7 Å². The highest BCUT2D eigenvalue weighted by atomic mass is 32.1. The van der Waals surface area contributed by atoms with Gasteiger partial charge in [0, 0.05) is 35.4 Å². The maximum atomic E-state index is 13.3. The Kier molecular flexibility index (Phi) is 5.75. The second-order valence-corrected chi connectivity index (χ2v) is 9.90. The monoisotopic (exact) mass is 472 g/mol. The number of nitrogens with zero attached hydrogens (tertiary/aromatic N) is 3. The van der Waals surface area contributed by atoms with Crippen LogP contribution in [-0.4, -0.2) is 47.1 Å². The lowest BCUT2D eigenvalue weighted by Gasteiger charge is -2.28. The summed E-state index contributed by atoms with van der Waals surface area (Å²) in [5, 5.41) is 4.11. The Morgan fingerprint density at radius 3 is 2.82 bits per heavy atom. The second kappa shape index (κ2) is 8.58. The van der Waals surface area contributed by atoms with Crippen molar-refractivity contribution in [1.29, 1.82) is 0 Å². The lowest BCUT2D eigenvalue weighted by atomic mass is 9.91. The van der Waals surface area contributed by atoms with E-state index in [1.807, 2.05) is 37.3 Å². The number of hydrogen-bond acceptors (Lipinski definition) is 7. The molecule has 4 atom stereocenters. The summed E-state index contributed by atoms with van der Waals surface area (Å²) in [6, 6.07) is 8.77. The Bertz CT molecular complexity index is 1200. The molecule has 0 saturated carbocycles. The summed E-state index contributed by atoms with van der Waals surface area (Å²) in [5.74, 6) is -0.482. The highest BCUT2D eigenvalue weighted by Crippen LogP contribution is 2.31. The summed E-state index contributed by atoms with van der Waals surface area (Å²) in [4.78, 5) is 25.2. The summed E-state index contributed by atoms with van der Waals surface area (Å²) in [7, 11) is 0. The van der Waals surface area contributed by atoms with Gasteiger partial charge in [-0.1, -0.05) is 12.1 Å². The summed E-state index contributed by atoms with van der Waals surface area (Å²) in [6.07, 6.45) is -1.09. The lowest BCUT2D eigenvalue weighted by molar-refractivity contribution is 0.0781. The van der Waals surface area contributed by atoms with Crippen molar-refractivity contribution < 1.29 is 13.6 Å². The minimum absolute atomic E-state index is 0.00300. The molecular weight excluding hydrogens is 446 g/mol. The van der Waals surface area contributed by atoms with E-state index in [-0.39, 0.29) is 18.5 Å². The first-order valence-corrected chi connectivity index (χ1v) is 11.8. The number of hydrogen-bond donors (Lipinski definition) is 3. The van der Waals surface area contributed by atoms with Crippen molar-refractivity contribution in [1.82, 2.24) is 15.3 Å². The number of thiophene rings is 1. The van der Waals surface area contributed by atoms with Crippen LogP contribution in [0.25, 0.3) is 10.2 Å². The summed E-state index contributed by atoms with van der Waals surface area (Å²) < 4.78 is 26.5. The zero-order chi connectivity index (χ0) is 23.3. The SMILES string of the molecule is Cc1ccc2cc(C(=O)N[C@H]3CCc4nc(N5C[C@H](C(F)F)[C@H](N)C5N)ccc4C3)sc2n1. The molecule has 1 aliphatic heterocycles. The molecule has 1 saturated heterocycles. The molecule has 0 bridgehead atoms. The topological polar surface area (TPSA) is 110 Å². The Hall–Kier alpha value is -2.69. The normalized spacial score (nSPS) is 25.0. The van der Waals surface area contributed by atoms with Crippen LogP contribution in [0.4, 0.5) is 14.6 Å². The van der Waals surface area contributed by atoms with E-state index in [4.69, 9.17) is 16.5 Å². The van der Waals surface area contributed by atoms with E-state index in [2.05, 4.69) is 10.3 Å². The number of nitrogens with one attached hydrogen (secondary N) is 1. The fourth-order valence-electron chi connectivity index (χ4n) is 4.69. The fraction of sp³-hybridized carbons (Fsp3) is 0.435. The standard InChI is InChI=1S/C23H26F2N6OS/c1-11-2-3-13-9-17(33-23(13)28-11)22(32)29-14-5-6-16-12(8-14)4-7-18(30-16)31-10-15(20(24)25)19(26)21(31)27/h2-4,7,9,14-15,19-21H,5-6,8,10,26-27H2,1H3,(H,29,32)/t14-,15-,19-,21?/m0/s1. The number of nitrogens with two attached hydrogens (primary N) is 2. The van der Waals surface area contributed by atoms with Crippen molar-refractivity contribution in [3.8, 4) is 0 Å². The third-order valence-electron chi connectivity index (χ3n) is 6.60. The van der Waals surface area contributed by atoms with Gasteiger partial charge in [0.1, 0.15) is 10.6 Å². The van der Waals surface area contributed by atoms with Gasteiger partial charge < -0.3 is 21.7 Å². The molecule has 5 rings (SSSR count). The third kappa shape index (κ3) is 4.18. The van der Waals surface area contributed by atoms with Crippen molar-refractivity contribution in [3.05, 3.63) is 52.2 Å². The Morgan fingerprint density at radius 1 is 1.24 bits per heavy atom. The van der Waals surface area contributed by atoms with Crippen molar-refractivity contribution in [2.24, 2.45) is 17.4 Å². The fourth-order valence-corrected chi connectivity index (χ4v) is 5.67. The van der Waals surface area contributed by atoms with E-state index in [0.29, 0.717) is 23.5 Å². The van der Waals surface area contributed by atoms with Crippen LogP contribution in [0.15, 0.2) is 30.3 Å². The molecule has 3 aromatic heterocycles. The number of aryl methyl sites for hydroxylation is 2. The predicted octanol–water partition coefficient (Wildman–Crippen LogP) is 2.60. The molecule has 2 aliphatic rings. The van der Waals surface area contributed by atoms with Gasteiger partial charge in [0.2, 0.25) is 6.43 Å². The first-order chi connectivity index (χ1) is 15.8. The Labute approximate surface area is 194 Å². The highest BCUT2D eigenvalue weighted by molar-refractivity contribution is 7.20. The van der Waals surface area contributed by atoms with Gasteiger partial charge in [0.15, 0.2) is 0 Å². The van der Waals surface area contributed by atoms with E-state index >= 15 is 0 Å². The van der Waals surface area contributed by atoms with Gasteiger partial charge in [-0.2, -0.15) is 0 Å². The summed E-state index contributed by atoms with van der Waals surface area (Å²) in [6.45, 7) is 2.02. The van der Waals surface area contributed by atoms with E-state index in [1.54, 1.807) is 4.90 Å². The molecule has 1 fully saturated rings. The average Bonchev–Trinajstić information content (AvgIpc) is 3.34. The molecule has 4 heterocycles. The van der Waals surface area contributed by atoms with Crippen LogP contribution in [-0.2, 0) is 12.8 Å². The number of alkyl halides is 2. The number of carbonyl (C=O) groups excluding carboxylic acids is 1. The molecule has 1 aliphatic carbocycles. The van der Waals surface area contributed by atoms with Crippen molar-refractivity contribution in [2.75, 3.05) is 11.4 Å². The van der Waals surface area contributed by atoms with Gasteiger partial charge in [0.25, 0.3) is 5.91 Å². The van der Waals surface area contributed by atoms with Gasteiger partial charge in [-0.25, -0.2) is 18.7 Å². The molecule has 0 aromatic carbocycles. The van der Waals surface area contributed by atoms with Crippen molar-refractivity contribution in [2.45, 2.75) is 50.9 Å². The quantitative estimate of drug-likeness (QED) is 0.539. The van der Waals surface area contributed by atoms with Gasteiger partial charge >= 0.3 is 0 Å². The van der Waals surface area contributed by atoms with E-state index in [9.17, 15) is 13.6 Å². The number of pyridine rings is 2. The number of halogens is 2. The van der Waals surface area contributed by atoms with Crippen LogP contribution in [0.5, 0.6) is 0 Å². The van der Waals surface area contributed by atoms with Gasteiger partial charge in [0.05, 0.1) is 17.0 Å². The molecule has 0 radical (unpaired) electrons. The van der Waals surface area contributed by atoms with Gasteiger partial charge in [-0.05, 0) is 49.9 Å². The number of rotatable bonds is 4. The van der Waals surface area contributed by atoms with E-state index in [1.165, 1.54) is 11.3 Å². The number of fused-ring (bicyclic) bond motifs is 2. The Balaban J connectivity index is 1.27. The highest BCUT2D eigenvalue weighted by Gasteiger charge is 2.43. The average molecular weight is 473 g/mol. The molecule has 0 spiro atoms. The largest absolute Gasteiger partial charge is 0.348 e. The van der Waals surface area contributed by atoms with E-state index in [0.717, 1.165) is 33.6 Å². The molecular formula is C23H26F2N6OS. The number of anilines is 1. The summed E-state index contributed by atoms with van der Waals surface area (Å²) >= 11 is 1.40. The van der Waals surface area contributed by atoms with Crippen LogP contribution in [0.3, 0.4) is 0 Å². The maximum absolute atomic E-state index is 13.3. The van der Waals surface area contributed by atoms with Crippen LogP contribution >= 0.6 is 11.3 Å². The number of carbonyl (C=O) groups is 1. The molecule has 7 nitrogen and oxygen atoms in total. The van der Waals surface area contributed by atoms with Gasteiger partial charge in [-0.3, -0.25) is 4.79 Å². The molecule has 5 N–H and O–H groups in total. The minimum Gasteiger partial charge on any atom is -0.348 e. The first-order valence-electron chi connectivity index (χ1n) is 11.0. The number of aromatic nitrogens is 2. The zero-order valence-electron chi connectivity index (χ0n) is 18.2. The van der Waals surface area contributed by atoms with E-state index < -0.39 is 24.6 Å². The molecule has 3 aromatic rings. The van der Waals surface area contributed by atoms with Crippen LogP contribution in [0, 0.1) is 12.8 Å². The third-order valence-corrected chi connectivity index (χ3v) is 7.65. The Morgan fingerprint density at radius 2 is 2.06 bits per heavy atom. The molecule has 33 heavy (non-hydrogen) atoms. The number of amides is 1. The first kappa shape index (κ1) is 22.1. The van der Waals surface area contributed by atoms with Crippen molar-refractivity contribution in [3.63, 3.8) is 0 Å². The van der Waals surface area contributed by atoms with Crippen LogP contribution in [0.2, 0.25) is 0 Å². The smallest absolute Gasteiger partial charge is 0.261 e. The zero-order valence-corrected chi connectivity index (χ0v) is 19.0. The van der Waals surface area contributed by atoms with Crippen LogP contribution in [0.1, 0.15) is 33.0 Å². The second-order valence-electron chi connectivity index (χ2n) is 8.86. The molecule has 174 valence electrons.